The Hall–Kier alpha value is -7.68. The lowest BCUT2D eigenvalue weighted by molar-refractivity contribution is 1.19. The third kappa shape index (κ3) is 5.82. The van der Waals surface area contributed by atoms with Gasteiger partial charge >= 0.3 is 0 Å². The fraction of sp³-hybridized carbons (Fsp3) is 0. The molecule has 0 unspecified atom stereocenters. The Morgan fingerprint density at radius 1 is 0.293 bits per heavy atom. The monoisotopic (exact) mass is 738 g/mol. The van der Waals surface area contributed by atoms with Gasteiger partial charge in [0.15, 0.2) is 0 Å². The van der Waals surface area contributed by atoms with E-state index in [1.165, 1.54) is 76.7 Å². The maximum Gasteiger partial charge on any atom is 0.0619 e. The predicted octanol–water partition coefficient (Wildman–Crippen LogP) is 15.6. The normalized spacial score (nSPS) is 11.4. The fourth-order valence-corrected chi connectivity index (χ4v) is 8.75. The maximum atomic E-state index is 2.44. The Bertz CT molecular complexity index is 3250. The minimum Gasteiger partial charge on any atom is -0.310 e. The van der Waals surface area contributed by atoms with Crippen LogP contribution in [-0.4, -0.2) is 4.57 Å². The van der Waals surface area contributed by atoms with Crippen LogP contribution in [0.4, 0.5) is 17.1 Å². The highest BCUT2D eigenvalue weighted by atomic mass is 15.1. The van der Waals surface area contributed by atoms with Crippen molar-refractivity contribution >= 4 is 60.4 Å². The summed E-state index contributed by atoms with van der Waals surface area (Å²) in [7, 11) is 0. The molecule has 11 rings (SSSR count). The fourth-order valence-electron chi connectivity index (χ4n) is 8.75. The van der Waals surface area contributed by atoms with Crippen molar-refractivity contribution < 1.29 is 0 Å². The van der Waals surface area contributed by atoms with Crippen molar-refractivity contribution in [2.75, 3.05) is 4.90 Å². The predicted molar refractivity (Wildman–Crippen MR) is 247 cm³/mol. The van der Waals surface area contributed by atoms with Crippen molar-refractivity contribution in [1.29, 1.82) is 0 Å². The van der Waals surface area contributed by atoms with Crippen LogP contribution in [0.1, 0.15) is 0 Å². The summed E-state index contributed by atoms with van der Waals surface area (Å²) in [6.07, 6.45) is 0. The summed E-state index contributed by atoms with van der Waals surface area (Å²) in [6, 6.07) is 83.6. The van der Waals surface area contributed by atoms with Crippen LogP contribution < -0.4 is 4.90 Å². The van der Waals surface area contributed by atoms with Gasteiger partial charge in [-0.2, -0.15) is 0 Å². The van der Waals surface area contributed by atoms with Crippen molar-refractivity contribution in [2.45, 2.75) is 0 Å². The van der Waals surface area contributed by atoms with Gasteiger partial charge in [-0.1, -0.05) is 176 Å². The summed E-state index contributed by atoms with van der Waals surface area (Å²) in [6.45, 7) is 0. The van der Waals surface area contributed by atoms with E-state index < -0.39 is 0 Å². The Labute approximate surface area is 338 Å². The second-order valence-corrected chi connectivity index (χ2v) is 15.0. The van der Waals surface area contributed by atoms with E-state index in [0.717, 1.165) is 22.7 Å². The smallest absolute Gasteiger partial charge is 0.0619 e. The molecule has 272 valence electrons. The molecule has 2 nitrogen and oxygen atoms in total. The number of nitrogens with zero attached hydrogens (tertiary/aromatic N) is 2. The van der Waals surface area contributed by atoms with Gasteiger partial charge in [0.05, 0.1) is 16.7 Å². The molecule has 1 aromatic heterocycles. The van der Waals surface area contributed by atoms with E-state index in [1.54, 1.807) is 0 Å². The second kappa shape index (κ2) is 14.1. The van der Waals surface area contributed by atoms with Crippen molar-refractivity contribution in [3.8, 4) is 39.1 Å². The van der Waals surface area contributed by atoms with Gasteiger partial charge < -0.3 is 9.47 Å². The minimum atomic E-state index is 1.10. The van der Waals surface area contributed by atoms with Crippen LogP contribution in [0.3, 0.4) is 0 Å². The molecule has 0 saturated carbocycles. The molecule has 1 heterocycles. The molecule has 0 aliphatic rings. The van der Waals surface area contributed by atoms with Crippen molar-refractivity contribution in [2.24, 2.45) is 0 Å². The number of hydrogen-bond acceptors (Lipinski definition) is 1. The largest absolute Gasteiger partial charge is 0.310 e. The molecule has 0 aliphatic carbocycles. The first-order valence-electron chi connectivity index (χ1n) is 19.9. The molecule has 0 N–H and O–H groups in total. The summed E-state index contributed by atoms with van der Waals surface area (Å²) < 4.78 is 2.44. The lowest BCUT2D eigenvalue weighted by atomic mass is 9.98. The van der Waals surface area contributed by atoms with Gasteiger partial charge in [0.25, 0.3) is 0 Å². The molecular formula is C56H38N2. The standard InChI is InChI=1S/C56H38N2/c1-3-13-39(14-4-1)44-18-11-19-45(37-44)40-25-31-48(32-26-40)57(54-24-12-17-42-15-7-9-22-50(42)54)49-33-27-41(28-34-49)46-30-35-52-53-36-29-43-16-8-10-23-51(43)56(53)58(55(52)38-46)47-20-5-2-6-21-47/h1-38H. The van der Waals surface area contributed by atoms with Crippen LogP contribution in [0.5, 0.6) is 0 Å². The van der Waals surface area contributed by atoms with E-state index in [1.807, 2.05) is 0 Å². The Balaban J connectivity index is 1.01. The van der Waals surface area contributed by atoms with Crippen molar-refractivity contribution in [3.05, 3.63) is 231 Å². The van der Waals surface area contributed by atoms with Crippen LogP contribution in [0.15, 0.2) is 231 Å². The Kier molecular flexibility index (Phi) is 8.19. The Morgan fingerprint density at radius 2 is 0.776 bits per heavy atom. The summed E-state index contributed by atoms with van der Waals surface area (Å²) in [4.78, 5) is 2.39. The van der Waals surface area contributed by atoms with E-state index >= 15 is 0 Å². The molecule has 58 heavy (non-hydrogen) atoms. The quantitative estimate of drug-likeness (QED) is 0.158. The SMILES string of the molecule is c1ccc(-c2cccc(-c3ccc(N(c4ccc(-c5ccc6c7ccc8ccccc8c7n(-c7ccccc7)c6c5)cc4)c4cccc5ccccc45)cc3)c2)cc1. The third-order valence-corrected chi connectivity index (χ3v) is 11.6. The zero-order valence-corrected chi connectivity index (χ0v) is 31.8. The molecule has 0 radical (unpaired) electrons. The van der Waals surface area contributed by atoms with Crippen molar-refractivity contribution in [1.82, 2.24) is 4.57 Å². The molecule has 0 saturated heterocycles. The second-order valence-electron chi connectivity index (χ2n) is 15.0. The van der Waals surface area contributed by atoms with E-state index in [4.69, 9.17) is 0 Å². The molecule has 0 atom stereocenters. The zero-order valence-electron chi connectivity index (χ0n) is 31.8. The summed E-state index contributed by atoms with van der Waals surface area (Å²) in [5.74, 6) is 0. The maximum absolute atomic E-state index is 2.44. The molecule has 10 aromatic carbocycles. The molecule has 11 aromatic rings. The first-order valence-corrected chi connectivity index (χ1v) is 19.9. The number of anilines is 3. The van der Waals surface area contributed by atoms with Gasteiger partial charge in [-0.05, 0) is 98.8 Å². The minimum absolute atomic E-state index is 1.10. The van der Waals surface area contributed by atoms with Crippen LogP contribution in [0.2, 0.25) is 0 Å². The topological polar surface area (TPSA) is 8.17 Å². The van der Waals surface area contributed by atoms with Crippen LogP contribution in [0.25, 0.3) is 82.4 Å². The first kappa shape index (κ1) is 33.6. The highest BCUT2D eigenvalue weighted by Gasteiger charge is 2.18. The average molecular weight is 739 g/mol. The average Bonchev–Trinajstić information content (AvgIpc) is 3.64. The molecule has 0 fully saturated rings. The lowest BCUT2D eigenvalue weighted by Crippen LogP contribution is -2.10. The van der Waals surface area contributed by atoms with E-state index in [0.29, 0.717) is 0 Å². The number of hydrogen-bond donors (Lipinski definition) is 0. The third-order valence-electron chi connectivity index (χ3n) is 11.6. The number of benzene rings is 10. The summed E-state index contributed by atoms with van der Waals surface area (Å²) >= 11 is 0. The van der Waals surface area contributed by atoms with Gasteiger partial charge in [-0.3, -0.25) is 0 Å². The van der Waals surface area contributed by atoms with Gasteiger partial charge in [0.2, 0.25) is 0 Å². The number of para-hydroxylation sites is 1. The number of fused-ring (bicyclic) bond motifs is 6. The van der Waals surface area contributed by atoms with E-state index in [2.05, 4.69) is 240 Å². The highest BCUT2D eigenvalue weighted by Crippen LogP contribution is 2.42. The highest BCUT2D eigenvalue weighted by molar-refractivity contribution is 6.19. The van der Waals surface area contributed by atoms with Gasteiger partial charge in [0, 0.05) is 38.6 Å². The van der Waals surface area contributed by atoms with Crippen molar-refractivity contribution in [3.63, 3.8) is 0 Å². The summed E-state index contributed by atoms with van der Waals surface area (Å²) in [5, 5.41) is 7.44. The van der Waals surface area contributed by atoms with Crippen LogP contribution >= 0.6 is 0 Å². The van der Waals surface area contributed by atoms with Crippen LogP contribution in [-0.2, 0) is 0 Å². The molecule has 2 heteroatoms. The molecule has 0 spiro atoms. The molecule has 0 aliphatic heterocycles. The molecule has 0 amide bonds. The number of aromatic nitrogens is 1. The van der Waals surface area contributed by atoms with E-state index in [9.17, 15) is 0 Å². The molecular weight excluding hydrogens is 701 g/mol. The Morgan fingerprint density at radius 3 is 1.47 bits per heavy atom. The van der Waals surface area contributed by atoms with E-state index in [-0.39, 0.29) is 0 Å². The molecule has 0 bridgehead atoms. The zero-order chi connectivity index (χ0) is 38.4. The first-order chi connectivity index (χ1) is 28.8. The van der Waals surface area contributed by atoms with Gasteiger partial charge in [-0.25, -0.2) is 0 Å². The number of rotatable bonds is 7. The summed E-state index contributed by atoms with van der Waals surface area (Å²) in [5.41, 5.74) is 14.1. The van der Waals surface area contributed by atoms with Gasteiger partial charge in [0.1, 0.15) is 0 Å². The van der Waals surface area contributed by atoms with Gasteiger partial charge in [-0.15, -0.1) is 0 Å². The lowest BCUT2D eigenvalue weighted by Gasteiger charge is -2.27. The van der Waals surface area contributed by atoms with Crippen LogP contribution in [0, 0.1) is 0 Å².